The number of hydrogen-bond acceptors (Lipinski definition) is 4. The number of piperidine rings is 1. The number of nitrogens with zero attached hydrogens (tertiary/aromatic N) is 3. The van der Waals surface area contributed by atoms with Gasteiger partial charge in [-0.25, -0.2) is 9.37 Å². The SMILES string of the molecule is CNC(=O)C(c1ccc(F)cc1)N1CCC/C(=C\c2ccc(-n3cnc(C)c3)c(OC)c2)C1=O. The predicted octanol–water partition coefficient (Wildman–Crippen LogP) is 3.82. The highest BCUT2D eigenvalue weighted by atomic mass is 19.1. The number of benzene rings is 2. The van der Waals surface area contributed by atoms with E-state index in [1.165, 1.54) is 19.2 Å². The molecule has 176 valence electrons. The molecule has 1 fully saturated rings. The largest absolute Gasteiger partial charge is 0.495 e. The summed E-state index contributed by atoms with van der Waals surface area (Å²) in [5.74, 6) is -0.269. The van der Waals surface area contributed by atoms with Crippen molar-refractivity contribution >= 4 is 17.9 Å². The van der Waals surface area contributed by atoms with E-state index in [-0.39, 0.29) is 11.8 Å². The van der Waals surface area contributed by atoms with Gasteiger partial charge in [0.2, 0.25) is 5.91 Å². The second kappa shape index (κ2) is 9.91. The molecule has 0 aliphatic carbocycles. The molecule has 1 atom stereocenters. The summed E-state index contributed by atoms with van der Waals surface area (Å²) in [6.07, 6.45) is 6.79. The van der Waals surface area contributed by atoms with Gasteiger partial charge in [0.25, 0.3) is 5.91 Å². The van der Waals surface area contributed by atoms with Crippen molar-refractivity contribution in [1.82, 2.24) is 19.8 Å². The fraction of sp³-hybridized carbons (Fsp3) is 0.269. The molecule has 1 saturated heterocycles. The lowest BCUT2D eigenvalue weighted by atomic mass is 9.96. The minimum Gasteiger partial charge on any atom is -0.495 e. The fourth-order valence-electron chi connectivity index (χ4n) is 4.22. The minimum atomic E-state index is -0.830. The molecule has 2 amide bonds. The maximum atomic E-state index is 13.5. The summed E-state index contributed by atoms with van der Waals surface area (Å²) < 4.78 is 20.9. The first-order valence-electron chi connectivity index (χ1n) is 11.1. The van der Waals surface area contributed by atoms with Crippen molar-refractivity contribution in [2.45, 2.75) is 25.8 Å². The number of methoxy groups -OCH3 is 1. The van der Waals surface area contributed by atoms with Gasteiger partial charge in [0.15, 0.2) is 0 Å². The first-order chi connectivity index (χ1) is 16.4. The Hall–Kier alpha value is -3.94. The Morgan fingerprint density at radius 2 is 2.00 bits per heavy atom. The Labute approximate surface area is 197 Å². The number of amides is 2. The molecule has 2 aromatic carbocycles. The number of likely N-dealkylation sites (tertiary alicyclic amines) is 1. The highest BCUT2D eigenvalue weighted by Crippen LogP contribution is 2.31. The minimum absolute atomic E-state index is 0.211. The van der Waals surface area contributed by atoms with Gasteiger partial charge in [0.05, 0.1) is 24.8 Å². The number of carbonyl (C=O) groups is 2. The van der Waals surface area contributed by atoms with Crippen molar-refractivity contribution in [2.24, 2.45) is 0 Å². The van der Waals surface area contributed by atoms with Crippen molar-refractivity contribution in [1.29, 1.82) is 0 Å². The number of halogens is 1. The zero-order valence-corrected chi connectivity index (χ0v) is 19.4. The topological polar surface area (TPSA) is 76.5 Å². The average Bonchev–Trinajstić information content (AvgIpc) is 3.28. The molecule has 1 unspecified atom stereocenters. The van der Waals surface area contributed by atoms with Crippen molar-refractivity contribution in [3.63, 3.8) is 0 Å². The summed E-state index contributed by atoms with van der Waals surface area (Å²) in [6, 6.07) is 10.6. The van der Waals surface area contributed by atoms with Crippen LogP contribution in [0.15, 0.2) is 60.6 Å². The van der Waals surface area contributed by atoms with E-state index in [4.69, 9.17) is 4.74 Å². The van der Waals surface area contributed by atoms with Gasteiger partial charge in [-0.05, 0) is 61.2 Å². The highest BCUT2D eigenvalue weighted by molar-refractivity contribution is 6.01. The lowest BCUT2D eigenvalue weighted by Gasteiger charge is -2.35. The summed E-state index contributed by atoms with van der Waals surface area (Å²) >= 11 is 0. The van der Waals surface area contributed by atoms with E-state index in [9.17, 15) is 14.0 Å². The predicted molar refractivity (Wildman–Crippen MR) is 127 cm³/mol. The number of nitrogens with one attached hydrogen (secondary N) is 1. The van der Waals surface area contributed by atoms with Crippen molar-refractivity contribution in [3.05, 3.63) is 83.2 Å². The zero-order valence-electron chi connectivity index (χ0n) is 19.4. The standard InChI is InChI=1S/C26H27FN4O3/c1-17-15-30(16-29-17)22-11-6-18(14-23(22)34-3)13-20-5-4-12-31(26(20)33)24(25(32)28-2)19-7-9-21(27)10-8-19/h6-11,13-16,24H,4-5,12H2,1-3H3,(H,28,32)/b20-13+. The molecular weight excluding hydrogens is 435 g/mol. The lowest BCUT2D eigenvalue weighted by Crippen LogP contribution is -2.45. The quantitative estimate of drug-likeness (QED) is 0.565. The normalized spacial score (nSPS) is 15.9. The molecule has 8 heteroatoms. The van der Waals surface area contributed by atoms with Crippen LogP contribution in [0.1, 0.15) is 35.7 Å². The smallest absolute Gasteiger partial charge is 0.250 e. The van der Waals surface area contributed by atoms with Crippen LogP contribution in [-0.2, 0) is 9.59 Å². The Morgan fingerprint density at radius 3 is 2.65 bits per heavy atom. The summed E-state index contributed by atoms with van der Waals surface area (Å²) in [4.78, 5) is 32.0. The first-order valence-corrected chi connectivity index (χ1v) is 11.1. The monoisotopic (exact) mass is 462 g/mol. The molecule has 0 saturated carbocycles. The van der Waals surface area contributed by atoms with Crippen LogP contribution in [0.5, 0.6) is 5.75 Å². The molecule has 3 aromatic rings. The Bertz CT molecular complexity index is 1230. The van der Waals surface area contributed by atoms with Crippen molar-refractivity contribution in [2.75, 3.05) is 20.7 Å². The number of aryl methyl sites for hydroxylation is 1. The maximum absolute atomic E-state index is 13.5. The Kier molecular flexibility index (Phi) is 6.77. The third-order valence-electron chi connectivity index (χ3n) is 5.91. The van der Waals surface area contributed by atoms with Gasteiger partial charge in [-0.1, -0.05) is 18.2 Å². The molecule has 4 rings (SSSR count). The van der Waals surface area contributed by atoms with E-state index in [1.807, 2.05) is 42.0 Å². The molecule has 7 nitrogen and oxygen atoms in total. The molecule has 2 heterocycles. The molecule has 34 heavy (non-hydrogen) atoms. The number of aromatic nitrogens is 2. The number of likely N-dealkylation sites (N-methyl/N-ethyl adjacent to an activating group) is 1. The van der Waals surface area contributed by atoms with Crippen LogP contribution in [0.3, 0.4) is 0 Å². The number of imidazole rings is 1. The van der Waals surface area contributed by atoms with Gasteiger partial charge in [0.1, 0.15) is 17.6 Å². The third kappa shape index (κ3) is 4.71. The molecule has 0 spiro atoms. The van der Waals surface area contributed by atoms with Crippen molar-refractivity contribution < 1.29 is 18.7 Å². The molecule has 1 aromatic heterocycles. The lowest BCUT2D eigenvalue weighted by molar-refractivity contribution is -0.139. The van der Waals surface area contributed by atoms with Crippen molar-refractivity contribution in [3.8, 4) is 11.4 Å². The maximum Gasteiger partial charge on any atom is 0.250 e. The van der Waals surface area contributed by atoms with E-state index in [0.717, 1.165) is 23.4 Å². The van der Waals surface area contributed by atoms with E-state index >= 15 is 0 Å². The molecule has 1 N–H and O–H groups in total. The molecule has 0 radical (unpaired) electrons. The van der Waals surface area contributed by atoms with Gasteiger partial charge in [-0.3, -0.25) is 9.59 Å². The van der Waals surface area contributed by atoms with Crippen LogP contribution >= 0.6 is 0 Å². The second-order valence-corrected chi connectivity index (χ2v) is 8.19. The Balaban J connectivity index is 1.65. The number of hydrogen-bond donors (Lipinski definition) is 1. The molecule has 1 aliphatic heterocycles. The number of ether oxygens (including phenoxy) is 1. The van der Waals surface area contributed by atoms with Crippen LogP contribution in [0, 0.1) is 12.7 Å². The molecular formula is C26H27FN4O3. The van der Waals surface area contributed by atoms with Gasteiger partial charge in [0, 0.05) is 25.4 Å². The van der Waals surface area contributed by atoms with Gasteiger partial charge in [-0.15, -0.1) is 0 Å². The van der Waals surface area contributed by atoms with E-state index in [0.29, 0.717) is 29.9 Å². The van der Waals surface area contributed by atoms with Gasteiger partial charge in [-0.2, -0.15) is 0 Å². The number of rotatable bonds is 6. The van der Waals surface area contributed by atoms with Gasteiger partial charge >= 0.3 is 0 Å². The van der Waals surface area contributed by atoms with Gasteiger partial charge < -0.3 is 19.5 Å². The number of carbonyl (C=O) groups excluding carboxylic acids is 2. The zero-order chi connectivity index (χ0) is 24.2. The van der Waals surface area contributed by atoms with Crippen LogP contribution in [0.4, 0.5) is 4.39 Å². The van der Waals surface area contributed by atoms with E-state index in [2.05, 4.69) is 10.3 Å². The summed E-state index contributed by atoms with van der Waals surface area (Å²) in [7, 11) is 3.13. The average molecular weight is 463 g/mol. The van der Waals surface area contributed by atoms with E-state index in [1.54, 1.807) is 30.5 Å². The van der Waals surface area contributed by atoms with Crippen LogP contribution < -0.4 is 10.1 Å². The summed E-state index contributed by atoms with van der Waals surface area (Å²) in [5.41, 5.74) is 3.74. The molecule has 0 bridgehead atoms. The second-order valence-electron chi connectivity index (χ2n) is 8.19. The Morgan fingerprint density at radius 1 is 1.24 bits per heavy atom. The van der Waals surface area contributed by atoms with Crippen LogP contribution in [0.2, 0.25) is 0 Å². The summed E-state index contributed by atoms with van der Waals surface area (Å²) in [5, 5.41) is 2.63. The van der Waals surface area contributed by atoms with E-state index < -0.39 is 11.9 Å². The third-order valence-corrected chi connectivity index (χ3v) is 5.91. The summed E-state index contributed by atoms with van der Waals surface area (Å²) in [6.45, 7) is 2.36. The van der Waals surface area contributed by atoms with Crippen LogP contribution in [0.25, 0.3) is 11.8 Å². The highest BCUT2D eigenvalue weighted by Gasteiger charge is 2.34. The van der Waals surface area contributed by atoms with Crippen LogP contribution in [-0.4, -0.2) is 47.0 Å². The first kappa shape index (κ1) is 23.2. The fourth-order valence-corrected chi connectivity index (χ4v) is 4.22. The molecule has 1 aliphatic rings.